The SMILES string of the molecule is c1ccc(-c2ccc(-c3cc(C4=Nc5c(sc6ccccc56)C(c5ccc6c(c5)oc5ccccc56)N4)c4oc5ccc6ccccc6c5c4c3)cc2)cc1. The summed E-state index contributed by atoms with van der Waals surface area (Å²) in [5.41, 5.74) is 11.1. The number of rotatable bonds is 4. The molecule has 55 heavy (non-hydrogen) atoms. The Morgan fingerprint density at radius 3 is 2.07 bits per heavy atom. The van der Waals surface area contributed by atoms with Gasteiger partial charge in [0.05, 0.1) is 22.2 Å². The maximum absolute atomic E-state index is 6.87. The number of hydrogen-bond acceptors (Lipinski definition) is 5. The van der Waals surface area contributed by atoms with Gasteiger partial charge in [-0.05, 0) is 75.0 Å². The average molecular weight is 723 g/mol. The van der Waals surface area contributed by atoms with E-state index in [1.807, 2.05) is 12.1 Å². The Kier molecular flexibility index (Phi) is 6.53. The van der Waals surface area contributed by atoms with Crippen LogP contribution in [0.2, 0.25) is 0 Å². The van der Waals surface area contributed by atoms with Crippen molar-refractivity contribution in [2.24, 2.45) is 4.99 Å². The summed E-state index contributed by atoms with van der Waals surface area (Å²) in [6, 6.07) is 60.0. The van der Waals surface area contributed by atoms with Crippen molar-refractivity contribution in [2.75, 3.05) is 0 Å². The normalized spacial score (nSPS) is 14.3. The van der Waals surface area contributed by atoms with E-state index in [2.05, 4.69) is 163 Å². The Labute approximate surface area is 319 Å². The maximum Gasteiger partial charge on any atom is 0.146 e. The first-order chi connectivity index (χ1) is 27.2. The van der Waals surface area contributed by atoms with Crippen LogP contribution in [-0.4, -0.2) is 5.84 Å². The second-order valence-corrected chi connectivity index (χ2v) is 15.4. The number of nitrogens with zero attached hydrogens (tertiary/aromatic N) is 1. The average Bonchev–Trinajstić information content (AvgIpc) is 3.94. The maximum atomic E-state index is 6.87. The molecular formula is C50H30N2O2S. The summed E-state index contributed by atoms with van der Waals surface area (Å²) in [7, 11) is 0. The second kappa shape index (κ2) is 11.8. The molecule has 1 unspecified atom stereocenters. The molecule has 0 spiro atoms. The molecule has 0 amide bonds. The Bertz CT molecular complexity index is 3350. The Hall–Kier alpha value is -6.95. The number of amidine groups is 1. The van der Waals surface area contributed by atoms with E-state index < -0.39 is 0 Å². The van der Waals surface area contributed by atoms with Crippen molar-refractivity contribution in [1.82, 2.24) is 5.32 Å². The van der Waals surface area contributed by atoms with Gasteiger partial charge in [-0.1, -0.05) is 133 Å². The van der Waals surface area contributed by atoms with E-state index in [0.717, 1.165) is 83.0 Å². The summed E-state index contributed by atoms with van der Waals surface area (Å²) < 4.78 is 14.5. The topological polar surface area (TPSA) is 50.7 Å². The molecule has 0 saturated heterocycles. The molecule has 1 atom stereocenters. The van der Waals surface area contributed by atoms with Gasteiger partial charge in [0.2, 0.25) is 0 Å². The lowest BCUT2D eigenvalue weighted by molar-refractivity contribution is 0.664. The number of furan rings is 2. The van der Waals surface area contributed by atoms with Crippen molar-refractivity contribution < 1.29 is 8.83 Å². The zero-order valence-corrected chi connectivity index (χ0v) is 30.2. The lowest BCUT2D eigenvalue weighted by Crippen LogP contribution is -2.32. The van der Waals surface area contributed by atoms with Gasteiger partial charge in [0.1, 0.15) is 28.2 Å². The fraction of sp³-hybridized carbons (Fsp3) is 0.0200. The van der Waals surface area contributed by atoms with Gasteiger partial charge in [-0.25, -0.2) is 4.99 Å². The predicted octanol–water partition coefficient (Wildman–Crippen LogP) is 14.0. The highest BCUT2D eigenvalue weighted by Gasteiger charge is 2.31. The molecule has 8 aromatic carbocycles. The molecule has 5 heteroatoms. The van der Waals surface area contributed by atoms with Crippen molar-refractivity contribution in [3.63, 3.8) is 0 Å². The lowest BCUT2D eigenvalue weighted by atomic mass is 9.94. The van der Waals surface area contributed by atoms with Crippen molar-refractivity contribution >= 4 is 87.6 Å². The molecule has 11 aromatic rings. The summed E-state index contributed by atoms with van der Waals surface area (Å²) in [6.07, 6.45) is 0. The van der Waals surface area contributed by atoms with E-state index in [1.165, 1.54) is 31.5 Å². The van der Waals surface area contributed by atoms with Crippen molar-refractivity contribution in [3.8, 4) is 22.3 Å². The number of thiophene rings is 1. The van der Waals surface area contributed by atoms with Crippen LogP contribution in [0.4, 0.5) is 5.69 Å². The van der Waals surface area contributed by atoms with Gasteiger partial charge in [-0.2, -0.15) is 0 Å². The fourth-order valence-corrected chi connectivity index (χ4v) is 9.70. The monoisotopic (exact) mass is 722 g/mol. The number of para-hydroxylation sites is 1. The quantitative estimate of drug-likeness (QED) is 0.197. The molecule has 0 fully saturated rings. The number of nitrogens with one attached hydrogen (secondary N) is 1. The Morgan fingerprint density at radius 1 is 0.491 bits per heavy atom. The van der Waals surface area contributed by atoms with E-state index in [1.54, 1.807) is 11.3 Å². The molecule has 0 bridgehead atoms. The van der Waals surface area contributed by atoms with Crippen LogP contribution in [0, 0.1) is 0 Å². The molecular weight excluding hydrogens is 693 g/mol. The molecule has 12 rings (SSSR count). The van der Waals surface area contributed by atoms with Gasteiger partial charge in [-0.15, -0.1) is 11.3 Å². The highest BCUT2D eigenvalue weighted by Crippen LogP contribution is 2.48. The molecule has 0 radical (unpaired) electrons. The van der Waals surface area contributed by atoms with E-state index in [-0.39, 0.29) is 6.04 Å². The van der Waals surface area contributed by atoms with Gasteiger partial charge >= 0.3 is 0 Å². The van der Waals surface area contributed by atoms with Crippen LogP contribution in [0.5, 0.6) is 0 Å². The summed E-state index contributed by atoms with van der Waals surface area (Å²) in [4.78, 5) is 6.66. The van der Waals surface area contributed by atoms with E-state index in [4.69, 9.17) is 13.8 Å². The highest BCUT2D eigenvalue weighted by molar-refractivity contribution is 7.19. The molecule has 1 aliphatic heterocycles. The van der Waals surface area contributed by atoms with E-state index in [9.17, 15) is 0 Å². The largest absolute Gasteiger partial charge is 0.456 e. The third-order valence-corrected chi connectivity index (χ3v) is 12.4. The van der Waals surface area contributed by atoms with Crippen molar-refractivity contribution in [2.45, 2.75) is 6.04 Å². The summed E-state index contributed by atoms with van der Waals surface area (Å²) in [5, 5.41) is 11.9. The van der Waals surface area contributed by atoms with Gasteiger partial charge in [-0.3, -0.25) is 0 Å². The molecule has 1 aliphatic rings. The third-order valence-electron chi connectivity index (χ3n) is 11.1. The predicted molar refractivity (Wildman–Crippen MR) is 229 cm³/mol. The van der Waals surface area contributed by atoms with Crippen LogP contribution in [0.1, 0.15) is 22.0 Å². The van der Waals surface area contributed by atoms with Crippen LogP contribution >= 0.6 is 11.3 Å². The number of aliphatic imine (C=N–C) groups is 1. The fourth-order valence-electron chi connectivity index (χ4n) is 8.48. The molecule has 1 N–H and O–H groups in total. The van der Waals surface area contributed by atoms with Gasteiger partial charge < -0.3 is 14.2 Å². The zero-order valence-electron chi connectivity index (χ0n) is 29.4. The lowest BCUT2D eigenvalue weighted by Gasteiger charge is -2.26. The van der Waals surface area contributed by atoms with Crippen LogP contribution in [0.15, 0.2) is 184 Å². The Morgan fingerprint density at radius 2 is 1.20 bits per heavy atom. The van der Waals surface area contributed by atoms with Crippen molar-refractivity contribution in [1.29, 1.82) is 0 Å². The minimum absolute atomic E-state index is 0.161. The summed E-state index contributed by atoms with van der Waals surface area (Å²) in [6.45, 7) is 0. The molecule has 0 aliphatic carbocycles. The van der Waals surface area contributed by atoms with Crippen LogP contribution in [0.25, 0.3) is 87.0 Å². The molecule has 258 valence electrons. The summed E-state index contributed by atoms with van der Waals surface area (Å²) in [5.74, 6) is 0.780. The third kappa shape index (κ3) is 4.73. The second-order valence-electron chi connectivity index (χ2n) is 14.3. The Balaban J connectivity index is 1.09. The van der Waals surface area contributed by atoms with Crippen LogP contribution in [0.3, 0.4) is 0 Å². The van der Waals surface area contributed by atoms with Gasteiger partial charge in [0.15, 0.2) is 0 Å². The minimum Gasteiger partial charge on any atom is -0.456 e. The van der Waals surface area contributed by atoms with E-state index in [0.29, 0.717) is 0 Å². The van der Waals surface area contributed by atoms with Gasteiger partial charge in [0.25, 0.3) is 0 Å². The first kappa shape index (κ1) is 30.5. The van der Waals surface area contributed by atoms with Crippen LogP contribution in [-0.2, 0) is 0 Å². The van der Waals surface area contributed by atoms with E-state index >= 15 is 0 Å². The first-order valence-electron chi connectivity index (χ1n) is 18.6. The van der Waals surface area contributed by atoms with Crippen molar-refractivity contribution in [3.05, 3.63) is 186 Å². The number of fused-ring (bicyclic) bond motifs is 11. The first-order valence-corrected chi connectivity index (χ1v) is 19.4. The molecule has 0 saturated carbocycles. The molecule has 3 aromatic heterocycles. The summed E-state index contributed by atoms with van der Waals surface area (Å²) >= 11 is 1.80. The standard InChI is InChI=1S/C50H30N2O2S/c1-2-10-29(11-3-1)30-18-20-31(21-19-30)34-26-39-45-35-13-5-4-12-32(35)23-25-42(45)54-48(39)40(27-34)50-51-46(49-47(52-50)38-15-7-9-17-44(38)55-49)33-22-24-37-36-14-6-8-16-41(36)53-43(37)28-33/h1-28,46H,(H,51,52). The smallest absolute Gasteiger partial charge is 0.146 e. The van der Waals surface area contributed by atoms with Gasteiger partial charge in [0, 0.05) is 31.6 Å². The number of benzene rings is 8. The minimum atomic E-state index is -0.161. The molecule has 4 heterocycles. The number of hydrogen-bond donors (Lipinski definition) is 1. The zero-order chi connectivity index (χ0) is 36.0. The van der Waals surface area contributed by atoms with Crippen LogP contribution < -0.4 is 5.32 Å². The highest BCUT2D eigenvalue weighted by atomic mass is 32.1. The molecule has 4 nitrogen and oxygen atoms in total.